The molecule has 9 heteroatoms. The molecular formula is C16H14BrN3O5. The number of benzene rings is 2. The minimum atomic E-state index is -0.602. The number of carbonyl (C=O) groups is 1. The lowest BCUT2D eigenvalue weighted by molar-refractivity contribution is -0.385. The molecule has 0 saturated heterocycles. The van der Waals surface area contributed by atoms with Crippen LogP contribution in [0.1, 0.15) is 11.1 Å². The molecule has 0 aromatic heterocycles. The van der Waals surface area contributed by atoms with Crippen molar-refractivity contribution in [2.75, 3.05) is 6.61 Å². The summed E-state index contributed by atoms with van der Waals surface area (Å²) < 4.78 is 5.44. The van der Waals surface area contributed by atoms with Crippen molar-refractivity contribution in [2.45, 2.75) is 6.92 Å². The Morgan fingerprint density at radius 2 is 2.08 bits per heavy atom. The number of nitrogens with one attached hydrogen (secondary N) is 1. The molecule has 0 atom stereocenters. The maximum atomic E-state index is 11.7. The molecule has 2 N–H and O–H groups in total. The van der Waals surface area contributed by atoms with E-state index in [2.05, 4.69) is 26.5 Å². The van der Waals surface area contributed by atoms with E-state index >= 15 is 0 Å². The van der Waals surface area contributed by atoms with Crippen LogP contribution in [0.25, 0.3) is 0 Å². The second-order valence-corrected chi connectivity index (χ2v) is 5.87. The molecule has 25 heavy (non-hydrogen) atoms. The number of nitro benzene ring substituents is 1. The van der Waals surface area contributed by atoms with Crippen molar-refractivity contribution < 1.29 is 19.6 Å². The third-order valence-electron chi connectivity index (χ3n) is 3.07. The number of amides is 1. The second-order valence-electron chi connectivity index (χ2n) is 5.02. The summed E-state index contributed by atoms with van der Waals surface area (Å²) >= 11 is 3.02. The van der Waals surface area contributed by atoms with Gasteiger partial charge in [-0.05, 0) is 35.0 Å². The van der Waals surface area contributed by atoms with Gasteiger partial charge < -0.3 is 9.84 Å². The molecule has 0 saturated carbocycles. The van der Waals surface area contributed by atoms with Crippen molar-refractivity contribution in [3.63, 3.8) is 0 Å². The van der Waals surface area contributed by atoms with Gasteiger partial charge in [0.05, 0.1) is 15.6 Å². The maximum Gasteiger partial charge on any atom is 0.277 e. The third kappa shape index (κ3) is 5.28. The number of ether oxygens (including phenoxy) is 1. The summed E-state index contributed by atoms with van der Waals surface area (Å²) in [4.78, 5) is 21.9. The molecule has 1 amide bonds. The molecule has 0 spiro atoms. The van der Waals surface area contributed by atoms with E-state index in [9.17, 15) is 20.0 Å². The van der Waals surface area contributed by atoms with Crippen LogP contribution in [0.3, 0.4) is 0 Å². The second kappa shape index (κ2) is 8.25. The Balaban J connectivity index is 1.95. The molecule has 2 rings (SSSR count). The minimum absolute atomic E-state index is 0.0841. The monoisotopic (exact) mass is 407 g/mol. The Morgan fingerprint density at radius 1 is 1.40 bits per heavy atom. The van der Waals surface area contributed by atoms with Crippen molar-refractivity contribution in [2.24, 2.45) is 5.10 Å². The fourth-order valence-electron chi connectivity index (χ4n) is 1.80. The largest absolute Gasteiger partial charge is 0.506 e. The van der Waals surface area contributed by atoms with Crippen LogP contribution < -0.4 is 10.2 Å². The average molecular weight is 408 g/mol. The summed E-state index contributed by atoms with van der Waals surface area (Å²) in [5, 5.41) is 24.3. The number of nitro groups is 1. The molecule has 130 valence electrons. The van der Waals surface area contributed by atoms with Crippen LogP contribution in [0.4, 0.5) is 5.69 Å². The molecule has 0 unspecified atom stereocenters. The third-order valence-corrected chi connectivity index (χ3v) is 3.68. The first-order chi connectivity index (χ1) is 11.9. The number of phenolic OH excluding ortho intramolecular Hbond substituents is 1. The highest BCUT2D eigenvalue weighted by Gasteiger charge is 2.13. The van der Waals surface area contributed by atoms with Gasteiger partial charge in [-0.2, -0.15) is 5.10 Å². The van der Waals surface area contributed by atoms with E-state index < -0.39 is 10.8 Å². The van der Waals surface area contributed by atoms with Crippen molar-refractivity contribution in [1.29, 1.82) is 0 Å². The number of carbonyl (C=O) groups excluding carboxylic acids is 1. The van der Waals surface area contributed by atoms with E-state index in [1.807, 2.05) is 19.1 Å². The number of phenols is 1. The molecule has 0 radical (unpaired) electrons. The number of nitrogens with zero attached hydrogens (tertiary/aromatic N) is 2. The number of aryl methyl sites for hydroxylation is 1. The van der Waals surface area contributed by atoms with Gasteiger partial charge in [-0.25, -0.2) is 5.43 Å². The zero-order chi connectivity index (χ0) is 18.4. The van der Waals surface area contributed by atoms with Gasteiger partial charge >= 0.3 is 0 Å². The van der Waals surface area contributed by atoms with Gasteiger partial charge in [0.2, 0.25) is 0 Å². The van der Waals surface area contributed by atoms with E-state index in [1.165, 1.54) is 6.07 Å². The average Bonchev–Trinajstić information content (AvgIpc) is 2.57. The number of hydrogen-bond acceptors (Lipinski definition) is 6. The summed E-state index contributed by atoms with van der Waals surface area (Å²) in [5.41, 5.74) is 3.15. The first kappa shape index (κ1) is 18.4. The summed E-state index contributed by atoms with van der Waals surface area (Å²) in [6.07, 6.45) is 1.11. The van der Waals surface area contributed by atoms with Crippen molar-refractivity contribution in [3.05, 3.63) is 62.1 Å². The molecule has 0 aliphatic rings. The van der Waals surface area contributed by atoms with Crippen LogP contribution >= 0.6 is 15.9 Å². The summed E-state index contributed by atoms with van der Waals surface area (Å²) in [6.45, 7) is 1.69. The van der Waals surface area contributed by atoms with Gasteiger partial charge in [-0.3, -0.25) is 14.9 Å². The number of hydrogen-bond donors (Lipinski definition) is 2. The Kier molecular flexibility index (Phi) is 6.07. The highest BCUT2D eigenvalue weighted by Crippen LogP contribution is 2.31. The predicted octanol–water partition coefficient (Wildman–Crippen LogP) is 2.90. The van der Waals surface area contributed by atoms with E-state index in [1.54, 1.807) is 12.1 Å². The van der Waals surface area contributed by atoms with Crippen LogP contribution in [0.15, 0.2) is 46.0 Å². The number of aromatic hydroxyl groups is 1. The highest BCUT2D eigenvalue weighted by atomic mass is 79.9. The van der Waals surface area contributed by atoms with E-state index in [0.717, 1.165) is 17.8 Å². The van der Waals surface area contributed by atoms with E-state index in [-0.39, 0.29) is 28.1 Å². The SMILES string of the molecule is Cc1ccc(OCC(=O)N/N=C\c2cc([N+](=O)[O-])cc(Br)c2O)cc1. The van der Waals surface area contributed by atoms with Gasteiger partial charge in [0.25, 0.3) is 11.6 Å². The number of hydrazone groups is 1. The van der Waals surface area contributed by atoms with Crippen LogP contribution in [-0.4, -0.2) is 28.8 Å². The van der Waals surface area contributed by atoms with Gasteiger partial charge in [0.15, 0.2) is 6.61 Å². The van der Waals surface area contributed by atoms with Crippen molar-refractivity contribution in [3.8, 4) is 11.5 Å². The van der Waals surface area contributed by atoms with E-state index in [4.69, 9.17) is 4.74 Å². The lowest BCUT2D eigenvalue weighted by Gasteiger charge is -2.05. The Labute approximate surface area is 151 Å². The zero-order valence-electron chi connectivity index (χ0n) is 13.1. The quantitative estimate of drug-likeness (QED) is 0.434. The van der Waals surface area contributed by atoms with Gasteiger partial charge in [-0.15, -0.1) is 0 Å². The fourth-order valence-corrected chi connectivity index (χ4v) is 2.26. The Morgan fingerprint density at radius 3 is 2.72 bits per heavy atom. The normalized spacial score (nSPS) is 10.6. The molecule has 0 aliphatic heterocycles. The van der Waals surface area contributed by atoms with Crippen molar-refractivity contribution in [1.82, 2.24) is 5.43 Å². The van der Waals surface area contributed by atoms with Crippen molar-refractivity contribution >= 4 is 33.7 Å². The Hall–Kier alpha value is -2.94. The molecule has 0 aliphatic carbocycles. The van der Waals surface area contributed by atoms with Gasteiger partial charge in [-0.1, -0.05) is 17.7 Å². The summed E-state index contributed by atoms with van der Waals surface area (Å²) in [7, 11) is 0. The first-order valence-corrected chi connectivity index (χ1v) is 7.84. The highest BCUT2D eigenvalue weighted by molar-refractivity contribution is 9.10. The molecule has 0 bridgehead atoms. The number of halogens is 1. The standard InChI is InChI=1S/C16H14BrN3O5/c1-10-2-4-13(5-3-10)25-9-15(21)19-18-8-11-6-12(20(23)24)7-14(17)16(11)22/h2-8,22H,9H2,1H3,(H,19,21)/b18-8-. The topological polar surface area (TPSA) is 114 Å². The maximum absolute atomic E-state index is 11.7. The fraction of sp³-hybridized carbons (Fsp3) is 0.125. The minimum Gasteiger partial charge on any atom is -0.506 e. The molecule has 2 aromatic carbocycles. The van der Waals surface area contributed by atoms with Crippen LogP contribution in [-0.2, 0) is 4.79 Å². The number of non-ortho nitro benzene ring substituents is 1. The molecule has 2 aromatic rings. The number of rotatable bonds is 6. The summed E-state index contributed by atoms with van der Waals surface area (Å²) in [5.74, 6) is -0.190. The van der Waals surface area contributed by atoms with Gasteiger partial charge in [0.1, 0.15) is 11.5 Å². The predicted molar refractivity (Wildman–Crippen MR) is 94.9 cm³/mol. The zero-order valence-corrected chi connectivity index (χ0v) is 14.7. The van der Waals surface area contributed by atoms with E-state index in [0.29, 0.717) is 5.75 Å². The van der Waals surface area contributed by atoms with Crippen LogP contribution in [0.2, 0.25) is 0 Å². The first-order valence-electron chi connectivity index (χ1n) is 7.05. The molecule has 0 heterocycles. The molecule has 8 nitrogen and oxygen atoms in total. The molecule has 0 fully saturated rings. The molecular weight excluding hydrogens is 394 g/mol. The van der Waals surface area contributed by atoms with Crippen LogP contribution in [0.5, 0.6) is 11.5 Å². The summed E-state index contributed by atoms with van der Waals surface area (Å²) in [6, 6.07) is 9.50. The van der Waals surface area contributed by atoms with Gasteiger partial charge in [0, 0.05) is 17.7 Å². The Bertz CT molecular complexity index is 821. The van der Waals surface area contributed by atoms with Crippen LogP contribution in [0, 0.1) is 17.0 Å². The lowest BCUT2D eigenvalue weighted by Crippen LogP contribution is -2.24. The lowest BCUT2D eigenvalue weighted by atomic mass is 10.2. The smallest absolute Gasteiger partial charge is 0.277 e.